The molecule has 0 bridgehead atoms. The molecule has 6 heteroatoms. The van der Waals surface area contributed by atoms with Gasteiger partial charge in [-0.15, -0.1) is 0 Å². The molecule has 0 radical (unpaired) electrons. The van der Waals surface area contributed by atoms with Crippen molar-refractivity contribution in [2.24, 2.45) is 0 Å². The van der Waals surface area contributed by atoms with Crippen LogP contribution in [0.3, 0.4) is 0 Å². The molecule has 1 N–H and O–H groups in total. The van der Waals surface area contributed by atoms with E-state index >= 15 is 0 Å². The lowest BCUT2D eigenvalue weighted by molar-refractivity contribution is 0.229. The molecule has 2 aliphatic heterocycles. The van der Waals surface area contributed by atoms with Crippen LogP contribution in [0.4, 0.5) is 11.6 Å². The summed E-state index contributed by atoms with van der Waals surface area (Å²) in [7, 11) is 3.53. The van der Waals surface area contributed by atoms with E-state index in [0.29, 0.717) is 6.04 Å². The highest BCUT2D eigenvalue weighted by molar-refractivity contribution is 5.64. The molecule has 0 amide bonds. The highest BCUT2D eigenvalue weighted by atomic mass is 16.5. The van der Waals surface area contributed by atoms with Gasteiger partial charge >= 0.3 is 0 Å². The van der Waals surface area contributed by atoms with E-state index < -0.39 is 0 Å². The fraction of sp³-hybridized carbons (Fsp3) is 0.692. The predicted molar refractivity (Wildman–Crippen MR) is 74.9 cm³/mol. The van der Waals surface area contributed by atoms with Crippen LogP contribution in [0.25, 0.3) is 0 Å². The molecule has 2 aliphatic rings. The normalized spacial score (nSPS) is 23.3. The van der Waals surface area contributed by atoms with Gasteiger partial charge in [-0.05, 0) is 19.4 Å². The van der Waals surface area contributed by atoms with Gasteiger partial charge in [0.2, 0.25) is 5.75 Å². The summed E-state index contributed by atoms with van der Waals surface area (Å²) in [6.07, 6.45) is 4.22. The van der Waals surface area contributed by atoms with Crippen molar-refractivity contribution in [2.75, 3.05) is 50.6 Å². The Balaban J connectivity index is 1.85. The fourth-order valence-electron chi connectivity index (χ4n) is 3.14. The molecule has 0 aromatic carbocycles. The molecule has 2 saturated heterocycles. The molecule has 3 rings (SSSR count). The third-order valence-corrected chi connectivity index (χ3v) is 4.11. The largest absolute Gasteiger partial charge is 0.490 e. The number of rotatable bonds is 3. The standard InChI is InChI=1S/C13H21N5O/c1-14-12-11(19-2)13(16-9-15-12)18-7-6-17-5-3-4-10(17)8-18/h9-10H,3-8H2,1-2H3,(H,14,15,16). The van der Waals surface area contributed by atoms with E-state index in [0.717, 1.165) is 37.0 Å². The number of anilines is 2. The Labute approximate surface area is 113 Å². The zero-order valence-electron chi connectivity index (χ0n) is 11.6. The third-order valence-electron chi connectivity index (χ3n) is 4.11. The van der Waals surface area contributed by atoms with Crippen molar-refractivity contribution in [3.63, 3.8) is 0 Å². The van der Waals surface area contributed by atoms with Crippen molar-refractivity contribution in [2.45, 2.75) is 18.9 Å². The van der Waals surface area contributed by atoms with Crippen molar-refractivity contribution in [3.05, 3.63) is 6.33 Å². The Morgan fingerprint density at radius 2 is 2.21 bits per heavy atom. The quantitative estimate of drug-likeness (QED) is 0.871. The summed E-state index contributed by atoms with van der Waals surface area (Å²) in [4.78, 5) is 13.5. The molecule has 19 heavy (non-hydrogen) atoms. The van der Waals surface area contributed by atoms with Gasteiger partial charge in [0.1, 0.15) is 6.33 Å². The van der Waals surface area contributed by atoms with Gasteiger partial charge < -0.3 is 15.0 Å². The first kappa shape index (κ1) is 12.5. The first-order valence-corrected chi connectivity index (χ1v) is 6.89. The van der Waals surface area contributed by atoms with Crippen LogP contribution < -0.4 is 15.0 Å². The number of ether oxygens (including phenoxy) is 1. The molecule has 3 heterocycles. The van der Waals surface area contributed by atoms with Crippen molar-refractivity contribution < 1.29 is 4.74 Å². The van der Waals surface area contributed by atoms with Crippen LogP contribution in [0.5, 0.6) is 5.75 Å². The molecule has 1 atom stereocenters. The van der Waals surface area contributed by atoms with E-state index in [1.165, 1.54) is 19.4 Å². The molecule has 6 nitrogen and oxygen atoms in total. The van der Waals surface area contributed by atoms with Crippen LogP contribution in [0, 0.1) is 0 Å². The SMILES string of the molecule is CNc1ncnc(N2CCN3CCCC3C2)c1OC. The van der Waals surface area contributed by atoms with Crippen LogP contribution in [-0.4, -0.2) is 61.2 Å². The van der Waals surface area contributed by atoms with E-state index in [4.69, 9.17) is 4.74 Å². The predicted octanol–water partition coefficient (Wildman–Crippen LogP) is 0.811. The Hall–Kier alpha value is -1.56. The Bertz CT molecular complexity index is 453. The van der Waals surface area contributed by atoms with Crippen LogP contribution >= 0.6 is 0 Å². The summed E-state index contributed by atoms with van der Waals surface area (Å²) in [6, 6.07) is 0.673. The second kappa shape index (κ2) is 5.21. The van der Waals surface area contributed by atoms with E-state index in [1.54, 1.807) is 13.4 Å². The summed E-state index contributed by atoms with van der Waals surface area (Å²) in [6.45, 7) is 4.41. The molecular weight excluding hydrogens is 242 g/mol. The lowest BCUT2D eigenvalue weighted by Gasteiger charge is -2.38. The summed E-state index contributed by atoms with van der Waals surface area (Å²) in [5, 5.41) is 3.06. The van der Waals surface area contributed by atoms with Crippen LogP contribution in [0.1, 0.15) is 12.8 Å². The molecular formula is C13H21N5O. The van der Waals surface area contributed by atoms with Crippen molar-refractivity contribution in [1.29, 1.82) is 0 Å². The van der Waals surface area contributed by atoms with Crippen molar-refractivity contribution >= 4 is 11.6 Å². The van der Waals surface area contributed by atoms with Gasteiger partial charge in [-0.25, -0.2) is 9.97 Å². The zero-order valence-corrected chi connectivity index (χ0v) is 11.6. The molecule has 0 spiro atoms. The van der Waals surface area contributed by atoms with Gasteiger partial charge in [-0.1, -0.05) is 0 Å². The van der Waals surface area contributed by atoms with Crippen LogP contribution in [0.2, 0.25) is 0 Å². The van der Waals surface area contributed by atoms with Gasteiger partial charge in [0.15, 0.2) is 11.6 Å². The Morgan fingerprint density at radius 3 is 3.00 bits per heavy atom. The first-order chi connectivity index (χ1) is 9.33. The number of hydrogen-bond acceptors (Lipinski definition) is 6. The maximum atomic E-state index is 5.49. The summed E-state index contributed by atoms with van der Waals surface area (Å²) < 4.78 is 5.49. The van der Waals surface area contributed by atoms with E-state index in [9.17, 15) is 0 Å². The second-order valence-corrected chi connectivity index (χ2v) is 5.11. The molecule has 0 aliphatic carbocycles. The Kier molecular flexibility index (Phi) is 3.42. The highest BCUT2D eigenvalue weighted by Crippen LogP contribution is 2.34. The van der Waals surface area contributed by atoms with Crippen LogP contribution in [0.15, 0.2) is 6.33 Å². The van der Waals surface area contributed by atoms with Gasteiger partial charge in [-0.2, -0.15) is 0 Å². The second-order valence-electron chi connectivity index (χ2n) is 5.11. The summed E-state index contributed by atoms with van der Waals surface area (Å²) in [5.41, 5.74) is 0. The van der Waals surface area contributed by atoms with Gasteiger partial charge in [0.25, 0.3) is 0 Å². The fourth-order valence-corrected chi connectivity index (χ4v) is 3.14. The smallest absolute Gasteiger partial charge is 0.204 e. The first-order valence-electron chi connectivity index (χ1n) is 6.89. The number of piperazine rings is 1. The highest BCUT2D eigenvalue weighted by Gasteiger charge is 2.32. The minimum atomic E-state index is 0.673. The van der Waals surface area contributed by atoms with Crippen LogP contribution in [-0.2, 0) is 0 Å². The minimum absolute atomic E-state index is 0.673. The van der Waals surface area contributed by atoms with E-state index in [1.807, 2.05) is 7.05 Å². The molecule has 2 fully saturated rings. The van der Waals surface area contributed by atoms with Gasteiger partial charge in [-0.3, -0.25) is 4.90 Å². The maximum Gasteiger partial charge on any atom is 0.204 e. The minimum Gasteiger partial charge on any atom is -0.490 e. The molecule has 1 aromatic heterocycles. The van der Waals surface area contributed by atoms with Gasteiger partial charge in [0, 0.05) is 32.7 Å². The van der Waals surface area contributed by atoms with Gasteiger partial charge in [0.05, 0.1) is 7.11 Å². The van der Waals surface area contributed by atoms with Crippen molar-refractivity contribution in [3.8, 4) is 5.75 Å². The van der Waals surface area contributed by atoms with Crippen molar-refractivity contribution in [1.82, 2.24) is 14.9 Å². The molecule has 0 saturated carbocycles. The molecule has 1 aromatic rings. The monoisotopic (exact) mass is 263 g/mol. The summed E-state index contributed by atoms with van der Waals surface area (Å²) >= 11 is 0. The third kappa shape index (κ3) is 2.20. The van der Waals surface area contributed by atoms with E-state index in [-0.39, 0.29) is 0 Å². The zero-order chi connectivity index (χ0) is 13.2. The molecule has 104 valence electrons. The Morgan fingerprint density at radius 1 is 1.32 bits per heavy atom. The number of fused-ring (bicyclic) bond motifs is 1. The van der Waals surface area contributed by atoms with E-state index in [2.05, 4.69) is 25.1 Å². The number of aromatic nitrogens is 2. The maximum absolute atomic E-state index is 5.49. The number of hydrogen-bond donors (Lipinski definition) is 1. The topological polar surface area (TPSA) is 53.5 Å². The average molecular weight is 263 g/mol. The number of nitrogens with one attached hydrogen (secondary N) is 1. The average Bonchev–Trinajstić information content (AvgIpc) is 2.93. The molecule has 1 unspecified atom stereocenters. The summed E-state index contributed by atoms with van der Waals surface area (Å²) in [5.74, 6) is 2.41. The number of nitrogens with zero attached hydrogens (tertiary/aromatic N) is 4. The number of methoxy groups -OCH3 is 1. The lowest BCUT2D eigenvalue weighted by atomic mass is 10.1. The lowest BCUT2D eigenvalue weighted by Crippen LogP contribution is -2.50.